The zero-order valence-electron chi connectivity index (χ0n) is 13.8. The molecule has 1 aliphatic rings. The summed E-state index contributed by atoms with van der Waals surface area (Å²) in [5, 5.41) is 7.97. The molecule has 0 radical (unpaired) electrons. The first-order valence-electron chi connectivity index (χ1n) is 8.31. The monoisotopic (exact) mass is 359 g/mol. The van der Waals surface area contributed by atoms with E-state index in [9.17, 15) is 0 Å². The van der Waals surface area contributed by atoms with Crippen LogP contribution in [0.3, 0.4) is 0 Å². The van der Waals surface area contributed by atoms with Crippen molar-refractivity contribution < 1.29 is 0 Å². The van der Waals surface area contributed by atoms with Crippen molar-refractivity contribution >= 4 is 34.7 Å². The third-order valence-electron chi connectivity index (χ3n) is 4.76. The van der Waals surface area contributed by atoms with Crippen LogP contribution in [-0.4, -0.2) is 16.6 Å². The van der Waals surface area contributed by atoms with Gasteiger partial charge in [0.15, 0.2) is 5.11 Å². The second kappa shape index (κ2) is 7.49. The molecule has 3 rings (SSSR count). The van der Waals surface area contributed by atoms with E-state index in [0.29, 0.717) is 5.11 Å². The fourth-order valence-electron chi connectivity index (χ4n) is 3.44. The lowest BCUT2D eigenvalue weighted by Gasteiger charge is -2.30. The van der Waals surface area contributed by atoms with Gasteiger partial charge in [-0.05, 0) is 67.4 Å². The van der Waals surface area contributed by atoms with Gasteiger partial charge >= 0.3 is 0 Å². The molecule has 1 aliphatic carbocycles. The second-order valence-electron chi connectivity index (χ2n) is 6.52. The predicted octanol–water partition coefficient (Wildman–Crippen LogP) is 4.84. The van der Waals surface area contributed by atoms with Gasteiger partial charge in [0.2, 0.25) is 0 Å². The molecule has 126 valence electrons. The Kier molecular flexibility index (Phi) is 5.36. The highest BCUT2D eigenvalue weighted by atomic mass is 35.5. The molecular formula is C19H22ClN3S. The predicted molar refractivity (Wildman–Crippen MR) is 105 cm³/mol. The van der Waals surface area contributed by atoms with Gasteiger partial charge in [0, 0.05) is 23.2 Å². The molecule has 24 heavy (non-hydrogen) atoms. The van der Waals surface area contributed by atoms with E-state index >= 15 is 0 Å². The van der Waals surface area contributed by atoms with Gasteiger partial charge in [0.25, 0.3) is 0 Å². The summed E-state index contributed by atoms with van der Waals surface area (Å²) < 4.78 is 0. The van der Waals surface area contributed by atoms with Gasteiger partial charge in [0.05, 0.1) is 0 Å². The van der Waals surface area contributed by atoms with Crippen LogP contribution in [0.5, 0.6) is 0 Å². The topological polar surface area (TPSA) is 37.0 Å². The molecule has 2 aromatic rings. The Morgan fingerprint density at radius 3 is 2.58 bits per heavy atom. The lowest BCUT2D eigenvalue weighted by atomic mass is 9.79. The number of thiocarbonyl (C=S) groups is 1. The van der Waals surface area contributed by atoms with Crippen molar-refractivity contribution in [2.24, 2.45) is 0 Å². The molecule has 0 aliphatic heterocycles. The maximum atomic E-state index is 6.04. The van der Waals surface area contributed by atoms with Crippen LogP contribution in [0.15, 0.2) is 42.6 Å². The summed E-state index contributed by atoms with van der Waals surface area (Å²) in [7, 11) is 0. The Hall–Kier alpha value is -1.65. The van der Waals surface area contributed by atoms with Crippen LogP contribution in [0.4, 0.5) is 5.82 Å². The number of hydrogen-bond acceptors (Lipinski definition) is 2. The summed E-state index contributed by atoms with van der Waals surface area (Å²) in [4.78, 5) is 4.29. The van der Waals surface area contributed by atoms with Gasteiger partial charge in [-0.3, -0.25) is 0 Å². The molecule has 1 fully saturated rings. The molecule has 0 spiro atoms. The average molecular weight is 360 g/mol. The van der Waals surface area contributed by atoms with Gasteiger partial charge in [-0.2, -0.15) is 0 Å². The normalized spacial score (nSPS) is 15.9. The van der Waals surface area contributed by atoms with E-state index in [1.54, 1.807) is 6.20 Å². The van der Waals surface area contributed by atoms with Gasteiger partial charge in [0.1, 0.15) is 5.82 Å². The number of nitrogens with one attached hydrogen (secondary N) is 2. The second-order valence-corrected chi connectivity index (χ2v) is 7.37. The molecule has 3 nitrogen and oxygen atoms in total. The maximum Gasteiger partial charge on any atom is 0.171 e. The van der Waals surface area contributed by atoms with E-state index in [-0.39, 0.29) is 5.41 Å². The minimum Gasteiger partial charge on any atom is -0.362 e. The zero-order valence-corrected chi connectivity index (χ0v) is 15.4. The number of hydrogen-bond donors (Lipinski definition) is 2. The number of anilines is 1. The molecular weight excluding hydrogens is 338 g/mol. The molecule has 1 saturated carbocycles. The molecule has 1 aromatic carbocycles. The first-order chi connectivity index (χ1) is 11.6. The smallest absolute Gasteiger partial charge is 0.171 e. The Labute approximate surface area is 153 Å². The van der Waals surface area contributed by atoms with E-state index in [1.165, 1.54) is 31.2 Å². The summed E-state index contributed by atoms with van der Waals surface area (Å²) in [6, 6.07) is 12.2. The Bertz CT molecular complexity index is 709. The number of benzene rings is 1. The van der Waals surface area contributed by atoms with Crippen molar-refractivity contribution in [1.29, 1.82) is 0 Å². The van der Waals surface area contributed by atoms with Crippen molar-refractivity contribution in [1.82, 2.24) is 10.3 Å². The molecule has 0 saturated heterocycles. The highest BCUT2D eigenvalue weighted by Crippen LogP contribution is 2.40. The van der Waals surface area contributed by atoms with Gasteiger partial charge < -0.3 is 10.6 Å². The fourth-order valence-corrected chi connectivity index (χ4v) is 3.74. The van der Waals surface area contributed by atoms with Crippen LogP contribution in [0, 0.1) is 6.92 Å². The first-order valence-corrected chi connectivity index (χ1v) is 9.10. The number of aryl methyl sites for hydroxylation is 1. The number of nitrogens with zero attached hydrogens (tertiary/aromatic N) is 1. The minimum absolute atomic E-state index is 0.135. The summed E-state index contributed by atoms with van der Waals surface area (Å²) >= 11 is 11.5. The van der Waals surface area contributed by atoms with Crippen molar-refractivity contribution in [3.8, 4) is 0 Å². The summed E-state index contributed by atoms with van der Waals surface area (Å²) in [5.74, 6) is 0.777. The Balaban J connectivity index is 1.66. The highest BCUT2D eigenvalue weighted by Gasteiger charge is 2.35. The molecule has 1 heterocycles. The first kappa shape index (κ1) is 17.2. The molecule has 0 amide bonds. The standard InChI is InChI=1S/C19H22ClN3S/c1-14-8-11-21-17(12-14)23-18(24)22-13-19(9-2-3-10-19)15-4-6-16(20)7-5-15/h4-8,11-12H,2-3,9-10,13H2,1H3,(H2,21,22,23,24). The Morgan fingerprint density at radius 2 is 1.92 bits per heavy atom. The molecule has 0 bridgehead atoms. The third kappa shape index (κ3) is 4.05. The van der Waals surface area contributed by atoms with Gasteiger partial charge in [-0.1, -0.05) is 36.6 Å². The zero-order chi connectivity index (χ0) is 17.0. The fraction of sp³-hybridized carbons (Fsp3) is 0.368. The van der Waals surface area contributed by atoms with E-state index in [0.717, 1.165) is 22.9 Å². The third-order valence-corrected chi connectivity index (χ3v) is 5.26. The van der Waals surface area contributed by atoms with Crippen LogP contribution in [0.1, 0.15) is 36.8 Å². The lowest BCUT2D eigenvalue weighted by molar-refractivity contribution is 0.435. The SMILES string of the molecule is Cc1ccnc(NC(=S)NCC2(c3ccc(Cl)cc3)CCCC2)c1. The summed E-state index contributed by atoms with van der Waals surface area (Å²) in [6.07, 6.45) is 6.64. The van der Waals surface area contributed by atoms with Crippen LogP contribution in [-0.2, 0) is 5.41 Å². The Morgan fingerprint density at radius 1 is 1.21 bits per heavy atom. The van der Waals surface area contributed by atoms with Crippen molar-refractivity contribution in [2.75, 3.05) is 11.9 Å². The van der Waals surface area contributed by atoms with Crippen LogP contribution < -0.4 is 10.6 Å². The molecule has 1 aromatic heterocycles. The van der Waals surface area contributed by atoms with E-state index in [4.69, 9.17) is 23.8 Å². The largest absolute Gasteiger partial charge is 0.362 e. The van der Waals surface area contributed by atoms with Crippen LogP contribution in [0.25, 0.3) is 0 Å². The van der Waals surface area contributed by atoms with Crippen molar-refractivity contribution in [2.45, 2.75) is 38.0 Å². The lowest BCUT2D eigenvalue weighted by Crippen LogP contribution is -2.40. The van der Waals surface area contributed by atoms with Crippen molar-refractivity contribution in [3.63, 3.8) is 0 Å². The number of pyridine rings is 1. The van der Waals surface area contributed by atoms with Crippen molar-refractivity contribution in [3.05, 3.63) is 58.7 Å². The highest BCUT2D eigenvalue weighted by molar-refractivity contribution is 7.80. The van der Waals surface area contributed by atoms with Crippen LogP contribution in [0.2, 0.25) is 5.02 Å². The van der Waals surface area contributed by atoms with Crippen LogP contribution >= 0.6 is 23.8 Å². The summed E-state index contributed by atoms with van der Waals surface area (Å²) in [5.41, 5.74) is 2.63. The molecule has 5 heteroatoms. The van der Waals surface area contributed by atoms with E-state index in [2.05, 4.69) is 27.8 Å². The van der Waals surface area contributed by atoms with Gasteiger partial charge in [-0.25, -0.2) is 4.98 Å². The molecule has 2 N–H and O–H groups in total. The average Bonchev–Trinajstić information content (AvgIpc) is 3.04. The molecule has 0 unspecified atom stereocenters. The van der Waals surface area contributed by atoms with E-state index in [1.807, 2.05) is 31.2 Å². The quantitative estimate of drug-likeness (QED) is 0.766. The number of halogens is 1. The number of aromatic nitrogens is 1. The maximum absolute atomic E-state index is 6.04. The number of rotatable bonds is 4. The van der Waals surface area contributed by atoms with Gasteiger partial charge in [-0.15, -0.1) is 0 Å². The summed E-state index contributed by atoms with van der Waals surface area (Å²) in [6.45, 7) is 2.86. The minimum atomic E-state index is 0.135. The molecule has 0 atom stereocenters. The van der Waals surface area contributed by atoms with E-state index < -0.39 is 0 Å².